The van der Waals surface area contributed by atoms with Crippen molar-refractivity contribution in [1.82, 2.24) is 4.57 Å². The van der Waals surface area contributed by atoms with E-state index in [1.54, 1.807) is 36.9 Å². The second-order valence-corrected chi connectivity index (χ2v) is 7.78. The van der Waals surface area contributed by atoms with Crippen molar-refractivity contribution in [3.63, 3.8) is 0 Å². The number of fused-ring (bicyclic) bond motifs is 1. The number of amides is 1. The first-order chi connectivity index (χ1) is 13.4. The zero-order valence-electron chi connectivity index (χ0n) is 16.2. The lowest BCUT2D eigenvalue weighted by atomic mass is 9.95. The van der Waals surface area contributed by atoms with Crippen LogP contribution in [0.2, 0.25) is 0 Å². The Labute approximate surface area is 167 Å². The van der Waals surface area contributed by atoms with Gasteiger partial charge in [-0.1, -0.05) is 0 Å². The molecule has 8 heteroatoms. The highest BCUT2D eigenvalue weighted by Crippen LogP contribution is 2.38. The first-order valence-electron chi connectivity index (χ1n) is 9.37. The number of hydrogen-bond donors (Lipinski definition) is 1. The number of carbonyl (C=O) groups is 3. The minimum absolute atomic E-state index is 0.265. The van der Waals surface area contributed by atoms with Gasteiger partial charge in [-0.15, -0.1) is 11.3 Å². The van der Waals surface area contributed by atoms with Crippen LogP contribution in [0, 0.1) is 0 Å². The molecule has 2 heterocycles. The maximum atomic E-state index is 12.6. The zero-order valence-corrected chi connectivity index (χ0v) is 17.1. The molecule has 2 aromatic rings. The molecule has 0 aromatic carbocycles. The summed E-state index contributed by atoms with van der Waals surface area (Å²) in [7, 11) is 1.73. The highest BCUT2D eigenvalue weighted by atomic mass is 32.1. The Hall–Kier alpha value is -2.61. The first-order valence-corrected chi connectivity index (χ1v) is 10.2. The van der Waals surface area contributed by atoms with Crippen molar-refractivity contribution in [3.05, 3.63) is 40.0 Å². The van der Waals surface area contributed by atoms with Gasteiger partial charge in [0.2, 0.25) is 0 Å². The number of aryl methyl sites for hydroxylation is 2. The summed E-state index contributed by atoms with van der Waals surface area (Å²) in [5, 5.41) is 3.24. The lowest BCUT2D eigenvalue weighted by Crippen LogP contribution is -2.30. The van der Waals surface area contributed by atoms with Crippen molar-refractivity contribution in [2.45, 2.75) is 45.6 Å². The molecule has 3 rings (SSSR count). The number of nitrogens with zero attached hydrogens (tertiary/aromatic N) is 1. The van der Waals surface area contributed by atoms with Gasteiger partial charge in [-0.05, 0) is 57.2 Å². The van der Waals surface area contributed by atoms with Gasteiger partial charge in [0.05, 0.1) is 12.2 Å². The predicted molar refractivity (Wildman–Crippen MR) is 106 cm³/mol. The second-order valence-electron chi connectivity index (χ2n) is 6.68. The Morgan fingerprint density at radius 2 is 2.00 bits per heavy atom. The monoisotopic (exact) mass is 404 g/mol. The Bertz CT molecular complexity index is 899. The van der Waals surface area contributed by atoms with Crippen LogP contribution in [0.5, 0.6) is 0 Å². The lowest BCUT2D eigenvalue weighted by molar-refractivity contribution is -0.123. The van der Waals surface area contributed by atoms with Crippen molar-refractivity contribution in [3.8, 4) is 0 Å². The van der Waals surface area contributed by atoms with Crippen LogP contribution >= 0.6 is 11.3 Å². The van der Waals surface area contributed by atoms with E-state index in [0.29, 0.717) is 16.3 Å². The standard InChI is InChI=1S/C20H24N2O5S/c1-4-26-20(25)16-13-8-5-6-10-15(13)28-18(16)21-17(23)12(2)27-19(24)14-9-7-11-22(14)3/h7,9,11-12H,4-6,8,10H2,1-3H3,(H,21,23). The predicted octanol–water partition coefficient (Wildman–Crippen LogP) is 3.33. The molecule has 1 unspecified atom stereocenters. The van der Waals surface area contributed by atoms with E-state index in [2.05, 4.69) is 5.32 Å². The number of thiophene rings is 1. The fourth-order valence-electron chi connectivity index (χ4n) is 3.23. The summed E-state index contributed by atoms with van der Waals surface area (Å²) in [6.07, 6.45) is 4.48. The summed E-state index contributed by atoms with van der Waals surface area (Å²) in [6, 6.07) is 3.35. The van der Waals surface area contributed by atoms with Gasteiger partial charge in [0.15, 0.2) is 6.10 Å². The third-order valence-electron chi connectivity index (χ3n) is 4.69. The summed E-state index contributed by atoms with van der Waals surface area (Å²) in [5.74, 6) is -1.48. The molecule has 0 aliphatic heterocycles. The number of rotatable bonds is 6. The van der Waals surface area contributed by atoms with E-state index in [1.165, 1.54) is 18.3 Å². The normalized spacial score (nSPS) is 14.1. The van der Waals surface area contributed by atoms with Gasteiger partial charge < -0.3 is 19.4 Å². The molecule has 0 bridgehead atoms. The summed E-state index contributed by atoms with van der Waals surface area (Å²) < 4.78 is 12.1. The Morgan fingerprint density at radius 3 is 2.68 bits per heavy atom. The fraction of sp³-hybridized carbons (Fsp3) is 0.450. The number of esters is 2. The number of hydrogen-bond acceptors (Lipinski definition) is 6. The van der Waals surface area contributed by atoms with E-state index in [1.807, 2.05) is 0 Å². The van der Waals surface area contributed by atoms with Crippen LogP contribution in [0.3, 0.4) is 0 Å². The summed E-state index contributed by atoms with van der Waals surface area (Å²) in [4.78, 5) is 38.4. The van der Waals surface area contributed by atoms with Gasteiger partial charge in [0, 0.05) is 18.1 Å². The van der Waals surface area contributed by atoms with Crippen molar-refractivity contribution >= 4 is 34.2 Å². The maximum absolute atomic E-state index is 12.6. The number of aromatic nitrogens is 1. The Balaban J connectivity index is 1.76. The number of anilines is 1. The van der Waals surface area contributed by atoms with Crippen molar-refractivity contribution in [2.24, 2.45) is 7.05 Å². The number of nitrogens with one attached hydrogen (secondary N) is 1. The second kappa shape index (κ2) is 8.60. The molecule has 0 radical (unpaired) electrons. The molecule has 1 amide bonds. The molecule has 1 aliphatic carbocycles. The van der Waals surface area contributed by atoms with E-state index >= 15 is 0 Å². The van der Waals surface area contributed by atoms with Gasteiger partial charge in [-0.25, -0.2) is 9.59 Å². The Morgan fingerprint density at radius 1 is 1.25 bits per heavy atom. The third-order valence-corrected chi connectivity index (χ3v) is 5.90. The molecule has 0 saturated carbocycles. The average molecular weight is 404 g/mol. The van der Waals surface area contributed by atoms with Gasteiger partial charge in [-0.2, -0.15) is 0 Å². The van der Waals surface area contributed by atoms with E-state index in [0.717, 1.165) is 36.1 Å². The molecular formula is C20H24N2O5S. The quantitative estimate of drug-likeness (QED) is 0.747. The summed E-state index contributed by atoms with van der Waals surface area (Å²) in [5.41, 5.74) is 1.77. The molecule has 2 aromatic heterocycles. The summed E-state index contributed by atoms with van der Waals surface area (Å²) >= 11 is 1.40. The zero-order chi connectivity index (χ0) is 20.3. The molecular weight excluding hydrogens is 380 g/mol. The van der Waals surface area contributed by atoms with Gasteiger partial charge in [0.25, 0.3) is 5.91 Å². The minimum atomic E-state index is -1.00. The van der Waals surface area contributed by atoms with E-state index in [4.69, 9.17) is 9.47 Å². The maximum Gasteiger partial charge on any atom is 0.355 e. The van der Waals surface area contributed by atoms with Crippen LogP contribution in [0.25, 0.3) is 0 Å². The van der Waals surface area contributed by atoms with Gasteiger partial charge in [0.1, 0.15) is 10.7 Å². The Kier molecular flexibility index (Phi) is 6.18. The van der Waals surface area contributed by atoms with Gasteiger partial charge in [-0.3, -0.25) is 4.79 Å². The van der Waals surface area contributed by atoms with Crippen LogP contribution in [-0.4, -0.2) is 35.1 Å². The molecule has 7 nitrogen and oxygen atoms in total. The highest BCUT2D eigenvalue weighted by Gasteiger charge is 2.29. The summed E-state index contributed by atoms with van der Waals surface area (Å²) in [6.45, 7) is 3.52. The number of ether oxygens (including phenoxy) is 2. The molecule has 0 spiro atoms. The van der Waals surface area contributed by atoms with E-state index in [-0.39, 0.29) is 6.61 Å². The smallest absolute Gasteiger partial charge is 0.355 e. The molecule has 0 saturated heterocycles. The van der Waals surface area contributed by atoms with Crippen LogP contribution in [-0.2, 0) is 34.2 Å². The average Bonchev–Trinajstić information content (AvgIpc) is 3.24. The van der Waals surface area contributed by atoms with Crippen LogP contribution in [0.15, 0.2) is 18.3 Å². The molecule has 1 aliphatic rings. The van der Waals surface area contributed by atoms with E-state index in [9.17, 15) is 14.4 Å². The highest BCUT2D eigenvalue weighted by molar-refractivity contribution is 7.17. The van der Waals surface area contributed by atoms with Crippen molar-refractivity contribution in [2.75, 3.05) is 11.9 Å². The molecule has 1 atom stereocenters. The lowest BCUT2D eigenvalue weighted by Gasteiger charge is -2.14. The SMILES string of the molecule is CCOC(=O)c1c(NC(=O)C(C)OC(=O)c2cccn2C)sc2c1CCCC2. The fourth-order valence-corrected chi connectivity index (χ4v) is 4.51. The van der Waals surface area contributed by atoms with Crippen LogP contribution in [0.4, 0.5) is 5.00 Å². The van der Waals surface area contributed by atoms with Gasteiger partial charge >= 0.3 is 11.9 Å². The molecule has 28 heavy (non-hydrogen) atoms. The third kappa shape index (κ3) is 4.11. The van der Waals surface area contributed by atoms with Crippen molar-refractivity contribution < 1.29 is 23.9 Å². The number of carbonyl (C=O) groups excluding carboxylic acids is 3. The largest absolute Gasteiger partial charge is 0.462 e. The van der Waals surface area contributed by atoms with Crippen LogP contribution in [0.1, 0.15) is 58.0 Å². The first kappa shape index (κ1) is 20.1. The molecule has 150 valence electrons. The minimum Gasteiger partial charge on any atom is -0.462 e. The topological polar surface area (TPSA) is 86.6 Å². The molecule has 1 N–H and O–H groups in total. The van der Waals surface area contributed by atoms with E-state index < -0.39 is 23.9 Å². The van der Waals surface area contributed by atoms with Crippen molar-refractivity contribution in [1.29, 1.82) is 0 Å². The molecule has 0 fully saturated rings. The van der Waals surface area contributed by atoms with Crippen LogP contribution < -0.4 is 5.32 Å².